The van der Waals surface area contributed by atoms with Crippen LogP contribution in [-0.2, 0) is 11.3 Å². The molecule has 35 heavy (non-hydrogen) atoms. The first-order chi connectivity index (χ1) is 17.1. The van der Waals surface area contributed by atoms with Gasteiger partial charge in [-0.1, -0.05) is 47.6 Å². The molecule has 2 saturated heterocycles. The maximum absolute atomic E-state index is 13.1. The number of carbonyl (C=O) groups excluding carboxylic acids is 1. The van der Waals surface area contributed by atoms with Gasteiger partial charge >= 0.3 is 0 Å². The highest BCUT2D eigenvalue weighted by molar-refractivity contribution is 6.04. The van der Waals surface area contributed by atoms with Crippen LogP contribution in [0.4, 0.5) is 0 Å². The minimum Gasteiger partial charge on any atom is -0.394 e. The Morgan fingerprint density at radius 2 is 1.80 bits per heavy atom. The lowest BCUT2D eigenvalue weighted by Gasteiger charge is -2.32. The Labute approximate surface area is 206 Å². The molecule has 3 aliphatic heterocycles. The van der Waals surface area contributed by atoms with E-state index in [1.165, 1.54) is 5.56 Å². The summed E-state index contributed by atoms with van der Waals surface area (Å²) < 4.78 is 0. The summed E-state index contributed by atoms with van der Waals surface area (Å²) in [6, 6.07) is 18.7. The zero-order valence-corrected chi connectivity index (χ0v) is 20.1. The average molecular weight is 472 g/mol. The van der Waals surface area contributed by atoms with E-state index in [-0.39, 0.29) is 18.6 Å². The molecule has 2 aromatic rings. The molecule has 182 valence electrons. The van der Waals surface area contributed by atoms with Crippen molar-refractivity contribution in [2.24, 2.45) is 11.1 Å². The van der Waals surface area contributed by atoms with Gasteiger partial charge in [-0.25, -0.2) is 0 Å². The highest BCUT2D eigenvalue weighted by atomic mass is 16.7. The van der Waals surface area contributed by atoms with Gasteiger partial charge in [-0.2, -0.15) is 0 Å². The van der Waals surface area contributed by atoms with E-state index in [4.69, 9.17) is 4.84 Å². The predicted molar refractivity (Wildman–Crippen MR) is 135 cm³/mol. The molecule has 0 saturated carbocycles. The van der Waals surface area contributed by atoms with Gasteiger partial charge in [-0.3, -0.25) is 4.79 Å². The van der Waals surface area contributed by atoms with E-state index >= 15 is 0 Å². The topological polar surface area (TPSA) is 65.4 Å². The largest absolute Gasteiger partial charge is 0.394 e. The van der Waals surface area contributed by atoms with Crippen LogP contribution in [-0.4, -0.2) is 64.4 Å². The lowest BCUT2D eigenvalue weighted by atomic mass is 9.90. The molecule has 1 N–H and O–H groups in total. The van der Waals surface area contributed by atoms with E-state index in [2.05, 4.69) is 46.5 Å². The lowest BCUT2D eigenvalue weighted by molar-refractivity contribution is 0.0591. The first-order valence-corrected chi connectivity index (χ1v) is 12.9. The monoisotopic (exact) mass is 471 g/mol. The Balaban J connectivity index is 1.02. The number of aliphatic hydroxyl groups is 1. The molecular formula is C29H33N3O3. The van der Waals surface area contributed by atoms with Gasteiger partial charge in [0.1, 0.15) is 0 Å². The average Bonchev–Trinajstić information content (AvgIpc) is 3.21. The van der Waals surface area contributed by atoms with Crippen molar-refractivity contribution in [3.8, 4) is 0 Å². The van der Waals surface area contributed by atoms with E-state index in [9.17, 15) is 9.90 Å². The molecule has 1 amide bonds. The number of nitrogens with zero attached hydrogens (tertiary/aromatic N) is 3. The fraction of sp³-hybridized carbons (Fsp3) is 0.448. The SMILES string of the molecule is O=C(c1ccc(C2=NOC3(C=C3N3CCCC3CO)C2)cc1)N1CCC(Cc2ccccc2)CC1. The Morgan fingerprint density at radius 3 is 2.54 bits per heavy atom. The van der Waals surface area contributed by atoms with E-state index in [0.717, 1.165) is 74.3 Å². The van der Waals surface area contributed by atoms with E-state index in [0.29, 0.717) is 12.3 Å². The normalized spacial score (nSPS) is 26.0. The van der Waals surface area contributed by atoms with E-state index in [1.54, 1.807) is 0 Å². The van der Waals surface area contributed by atoms with Gasteiger partial charge in [-0.05, 0) is 67.4 Å². The van der Waals surface area contributed by atoms with Crippen molar-refractivity contribution in [3.05, 3.63) is 83.1 Å². The number of likely N-dealkylation sites (tertiary alicyclic amines) is 2. The second kappa shape index (κ2) is 9.15. The molecule has 0 aromatic heterocycles. The summed E-state index contributed by atoms with van der Waals surface area (Å²) in [5, 5.41) is 14.0. The summed E-state index contributed by atoms with van der Waals surface area (Å²) in [5.41, 5.74) is 4.77. The van der Waals surface area contributed by atoms with Crippen LogP contribution in [0.15, 0.2) is 71.5 Å². The van der Waals surface area contributed by atoms with Crippen LogP contribution in [0.25, 0.3) is 0 Å². The van der Waals surface area contributed by atoms with Gasteiger partial charge < -0.3 is 19.7 Å². The molecule has 1 spiro atoms. The van der Waals surface area contributed by atoms with Crippen molar-refractivity contribution in [1.82, 2.24) is 9.80 Å². The second-order valence-electron chi connectivity index (χ2n) is 10.4. The van der Waals surface area contributed by atoms with Gasteiger partial charge in [0, 0.05) is 31.6 Å². The number of rotatable bonds is 6. The number of amides is 1. The summed E-state index contributed by atoms with van der Waals surface area (Å²) >= 11 is 0. The zero-order valence-electron chi connectivity index (χ0n) is 20.1. The van der Waals surface area contributed by atoms with Gasteiger partial charge in [0.15, 0.2) is 0 Å². The van der Waals surface area contributed by atoms with Gasteiger partial charge in [0.2, 0.25) is 5.60 Å². The number of hydrogen-bond acceptors (Lipinski definition) is 5. The van der Waals surface area contributed by atoms with Crippen molar-refractivity contribution >= 4 is 11.6 Å². The molecule has 0 radical (unpaired) electrons. The van der Waals surface area contributed by atoms with Gasteiger partial charge in [0.25, 0.3) is 5.91 Å². The Bertz CT molecular complexity index is 1140. The fourth-order valence-electron chi connectivity index (χ4n) is 5.95. The highest BCUT2D eigenvalue weighted by Gasteiger charge is 2.55. The number of piperidine rings is 1. The van der Waals surface area contributed by atoms with Crippen LogP contribution in [0.5, 0.6) is 0 Å². The summed E-state index contributed by atoms with van der Waals surface area (Å²) in [6.45, 7) is 2.79. The summed E-state index contributed by atoms with van der Waals surface area (Å²) in [4.78, 5) is 23.2. The quantitative estimate of drug-likeness (QED) is 0.692. The maximum atomic E-state index is 13.1. The van der Waals surface area contributed by atoms with Crippen molar-refractivity contribution in [2.45, 2.75) is 50.2 Å². The van der Waals surface area contributed by atoms with Crippen molar-refractivity contribution in [1.29, 1.82) is 0 Å². The minimum absolute atomic E-state index is 0.117. The van der Waals surface area contributed by atoms with Crippen LogP contribution < -0.4 is 0 Å². The number of carbonyl (C=O) groups is 1. The van der Waals surface area contributed by atoms with Crippen molar-refractivity contribution in [3.63, 3.8) is 0 Å². The molecular weight excluding hydrogens is 438 g/mol. The Hall–Kier alpha value is -3.12. The molecule has 2 unspecified atom stereocenters. The van der Waals surface area contributed by atoms with Crippen molar-refractivity contribution in [2.75, 3.05) is 26.2 Å². The van der Waals surface area contributed by atoms with Crippen LogP contribution in [0, 0.1) is 5.92 Å². The fourth-order valence-corrected chi connectivity index (χ4v) is 5.95. The molecule has 4 aliphatic rings. The number of benzene rings is 2. The smallest absolute Gasteiger partial charge is 0.253 e. The zero-order chi connectivity index (χ0) is 23.8. The Kier molecular flexibility index (Phi) is 5.85. The van der Waals surface area contributed by atoms with E-state index < -0.39 is 5.60 Å². The molecule has 0 bridgehead atoms. The first kappa shape index (κ1) is 22.4. The second-order valence-corrected chi connectivity index (χ2v) is 10.4. The number of oxime groups is 1. The van der Waals surface area contributed by atoms with Gasteiger partial charge in [0.05, 0.1) is 24.1 Å². The van der Waals surface area contributed by atoms with Crippen LogP contribution in [0.1, 0.15) is 53.6 Å². The van der Waals surface area contributed by atoms with E-state index in [1.807, 2.05) is 29.2 Å². The van der Waals surface area contributed by atoms with Crippen LogP contribution in [0.2, 0.25) is 0 Å². The summed E-state index contributed by atoms with van der Waals surface area (Å²) in [7, 11) is 0. The standard InChI is InChI=1S/C29H33N3O3/c33-20-25-7-4-14-32(25)27-19-29(27)18-26(30-35-29)23-8-10-24(11-9-23)28(34)31-15-12-22(13-16-31)17-21-5-2-1-3-6-21/h1-3,5-6,8-11,19,22,25,33H,4,7,12-18,20H2. The molecule has 6 rings (SSSR count). The first-order valence-electron chi connectivity index (χ1n) is 12.9. The molecule has 2 atom stereocenters. The molecule has 3 heterocycles. The number of hydrogen-bond donors (Lipinski definition) is 1. The molecule has 6 nitrogen and oxygen atoms in total. The van der Waals surface area contributed by atoms with Crippen LogP contribution in [0.3, 0.4) is 0 Å². The molecule has 2 fully saturated rings. The molecule has 6 heteroatoms. The summed E-state index contributed by atoms with van der Waals surface area (Å²) in [5.74, 6) is 0.761. The third-order valence-corrected chi connectivity index (χ3v) is 8.10. The Morgan fingerprint density at radius 1 is 1.03 bits per heavy atom. The third-order valence-electron chi connectivity index (χ3n) is 8.10. The molecule has 2 aromatic carbocycles. The lowest BCUT2D eigenvalue weighted by Crippen LogP contribution is -2.38. The van der Waals surface area contributed by atoms with Gasteiger partial charge in [-0.15, -0.1) is 0 Å². The van der Waals surface area contributed by atoms with Crippen LogP contribution >= 0.6 is 0 Å². The third kappa shape index (κ3) is 4.36. The summed E-state index contributed by atoms with van der Waals surface area (Å²) in [6.07, 6.45) is 8.18. The maximum Gasteiger partial charge on any atom is 0.253 e. The predicted octanol–water partition coefficient (Wildman–Crippen LogP) is 4.00. The minimum atomic E-state index is -0.425. The highest BCUT2D eigenvalue weighted by Crippen LogP contribution is 2.49. The molecule has 1 aliphatic carbocycles. The number of aliphatic hydroxyl groups excluding tert-OH is 1. The van der Waals surface area contributed by atoms with Crippen molar-refractivity contribution < 1.29 is 14.7 Å².